The molecule has 0 aliphatic heterocycles. The first-order valence-corrected chi connectivity index (χ1v) is 7.55. The summed E-state index contributed by atoms with van der Waals surface area (Å²) in [6.45, 7) is 0.446. The normalized spacial score (nSPS) is 10.4. The maximum absolute atomic E-state index is 11.8. The van der Waals surface area contributed by atoms with Gasteiger partial charge in [0.1, 0.15) is 18.0 Å². The van der Waals surface area contributed by atoms with Crippen molar-refractivity contribution < 1.29 is 18.8 Å². The second-order valence-corrected chi connectivity index (χ2v) is 5.05. The molecule has 130 valence electrons. The van der Waals surface area contributed by atoms with E-state index in [2.05, 4.69) is 20.6 Å². The van der Waals surface area contributed by atoms with Gasteiger partial charge in [-0.15, -0.1) is 0 Å². The molecule has 0 saturated carbocycles. The van der Waals surface area contributed by atoms with Crippen molar-refractivity contribution in [3.05, 3.63) is 54.4 Å². The Morgan fingerprint density at radius 2 is 2.08 bits per heavy atom. The van der Waals surface area contributed by atoms with Crippen LogP contribution in [0.15, 0.2) is 47.2 Å². The van der Waals surface area contributed by atoms with E-state index in [-0.39, 0.29) is 25.6 Å². The van der Waals surface area contributed by atoms with E-state index in [4.69, 9.17) is 14.0 Å². The number of carbonyl (C=O) groups excluding carboxylic acids is 1. The summed E-state index contributed by atoms with van der Waals surface area (Å²) in [5, 5.41) is 10.5. The van der Waals surface area contributed by atoms with Crippen LogP contribution in [0, 0.1) is 0 Å². The van der Waals surface area contributed by atoms with Crippen molar-refractivity contribution in [1.29, 1.82) is 0 Å². The maximum Gasteiger partial charge on any atom is 0.246 e. The predicted octanol–water partition coefficient (Wildman–Crippen LogP) is 1.17. The average Bonchev–Trinajstić information content (AvgIpc) is 3.30. The molecule has 25 heavy (non-hydrogen) atoms. The van der Waals surface area contributed by atoms with E-state index < -0.39 is 0 Å². The molecular formula is C16H17N5O4. The highest BCUT2D eigenvalue weighted by molar-refractivity contribution is 5.75. The molecule has 1 amide bonds. The van der Waals surface area contributed by atoms with E-state index in [1.54, 1.807) is 49.8 Å². The van der Waals surface area contributed by atoms with Gasteiger partial charge < -0.3 is 19.3 Å². The second kappa shape index (κ2) is 7.95. The minimum Gasteiger partial charge on any atom is -0.497 e. The highest BCUT2D eigenvalue weighted by Crippen LogP contribution is 2.17. The number of aromatic nitrogens is 4. The zero-order chi connectivity index (χ0) is 17.5. The molecule has 0 radical (unpaired) electrons. The molecular weight excluding hydrogens is 326 g/mol. The van der Waals surface area contributed by atoms with Gasteiger partial charge in [0.2, 0.25) is 17.6 Å². The molecule has 1 aromatic carbocycles. The fourth-order valence-electron chi connectivity index (χ4n) is 2.01. The molecule has 1 N–H and O–H groups in total. The smallest absolute Gasteiger partial charge is 0.246 e. The van der Waals surface area contributed by atoms with Crippen LogP contribution in [0.5, 0.6) is 11.5 Å². The molecule has 3 aromatic rings. The van der Waals surface area contributed by atoms with Gasteiger partial charge in [-0.2, -0.15) is 10.1 Å². The number of hydrogen-bond donors (Lipinski definition) is 1. The first kappa shape index (κ1) is 16.5. The third kappa shape index (κ3) is 4.80. The minimum atomic E-state index is -0.196. The van der Waals surface area contributed by atoms with Crippen molar-refractivity contribution in [3.63, 3.8) is 0 Å². The van der Waals surface area contributed by atoms with Gasteiger partial charge in [0.15, 0.2) is 6.61 Å². The molecule has 9 nitrogen and oxygen atoms in total. The summed E-state index contributed by atoms with van der Waals surface area (Å²) in [7, 11) is 1.60. The number of rotatable bonds is 8. The first-order chi connectivity index (χ1) is 12.2. The molecule has 0 spiro atoms. The van der Waals surface area contributed by atoms with E-state index in [1.807, 2.05) is 0 Å². The summed E-state index contributed by atoms with van der Waals surface area (Å²) in [6.07, 6.45) is 3.32. The van der Waals surface area contributed by atoms with Crippen LogP contribution in [0.4, 0.5) is 0 Å². The summed E-state index contributed by atoms with van der Waals surface area (Å²) in [5.41, 5.74) is 0. The van der Waals surface area contributed by atoms with E-state index >= 15 is 0 Å². The third-order valence-corrected chi connectivity index (χ3v) is 3.24. The summed E-state index contributed by atoms with van der Waals surface area (Å²) in [4.78, 5) is 15.9. The minimum absolute atomic E-state index is 0.134. The topological polar surface area (TPSA) is 104 Å². The molecule has 2 aromatic heterocycles. The molecule has 0 aliphatic rings. The lowest BCUT2D eigenvalue weighted by molar-refractivity contribution is -0.122. The Hall–Kier alpha value is -3.36. The molecule has 9 heteroatoms. The number of ether oxygens (including phenoxy) is 2. The zero-order valence-corrected chi connectivity index (χ0v) is 13.6. The van der Waals surface area contributed by atoms with Crippen LogP contribution >= 0.6 is 0 Å². The molecule has 0 atom stereocenters. The van der Waals surface area contributed by atoms with Gasteiger partial charge in [-0.05, 0) is 30.3 Å². The van der Waals surface area contributed by atoms with Crippen LogP contribution in [0.25, 0.3) is 0 Å². The highest BCUT2D eigenvalue weighted by Gasteiger charge is 2.09. The Kier molecular flexibility index (Phi) is 5.25. The number of hydrogen-bond acceptors (Lipinski definition) is 7. The number of nitrogens with one attached hydrogen (secondary N) is 1. The van der Waals surface area contributed by atoms with E-state index in [1.165, 1.54) is 4.68 Å². The quantitative estimate of drug-likeness (QED) is 0.654. The van der Waals surface area contributed by atoms with Gasteiger partial charge >= 0.3 is 0 Å². The standard InChI is InChI=1S/C16H17N5O4/c1-23-12-3-5-13(6-4-12)24-11-14-19-16(25-20-14)9-17-15(22)10-21-8-2-7-18-21/h2-8H,9-11H2,1H3,(H,17,22). The Morgan fingerprint density at radius 1 is 1.28 bits per heavy atom. The van der Waals surface area contributed by atoms with Crippen LogP contribution < -0.4 is 14.8 Å². The Morgan fingerprint density at radius 3 is 2.80 bits per heavy atom. The monoisotopic (exact) mass is 343 g/mol. The number of nitrogens with zero attached hydrogens (tertiary/aromatic N) is 4. The maximum atomic E-state index is 11.8. The van der Waals surface area contributed by atoms with Gasteiger partial charge in [0, 0.05) is 12.4 Å². The van der Waals surface area contributed by atoms with Crippen molar-refractivity contribution in [3.8, 4) is 11.5 Å². The van der Waals surface area contributed by atoms with Gasteiger partial charge in [0.25, 0.3) is 0 Å². The molecule has 0 aliphatic carbocycles. The largest absolute Gasteiger partial charge is 0.497 e. The SMILES string of the molecule is COc1ccc(OCc2noc(CNC(=O)Cn3cccn3)n2)cc1. The van der Waals surface area contributed by atoms with E-state index in [0.717, 1.165) is 5.75 Å². The van der Waals surface area contributed by atoms with E-state index in [0.29, 0.717) is 17.5 Å². The summed E-state index contributed by atoms with van der Waals surface area (Å²) < 4.78 is 17.2. The van der Waals surface area contributed by atoms with Crippen LogP contribution in [-0.2, 0) is 24.5 Å². The predicted molar refractivity (Wildman–Crippen MR) is 85.7 cm³/mol. The summed E-state index contributed by atoms with van der Waals surface area (Å²) >= 11 is 0. The first-order valence-electron chi connectivity index (χ1n) is 7.55. The number of benzene rings is 1. The van der Waals surface area contributed by atoms with Crippen molar-refractivity contribution in [2.45, 2.75) is 19.7 Å². The second-order valence-electron chi connectivity index (χ2n) is 5.05. The fourth-order valence-corrected chi connectivity index (χ4v) is 2.01. The van der Waals surface area contributed by atoms with Gasteiger partial charge in [-0.3, -0.25) is 9.48 Å². The van der Waals surface area contributed by atoms with Crippen LogP contribution in [0.2, 0.25) is 0 Å². The lowest BCUT2D eigenvalue weighted by atomic mass is 10.3. The van der Waals surface area contributed by atoms with E-state index in [9.17, 15) is 4.79 Å². The Bertz CT molecular complexity index is 798. The summed E-state index contributed by atoms with van der Waals surface area (Å²) in [6, 6.07) is 8.92. The van der Waals surface area contributed by atoms with Crippen molar-refractivity contribution in [2.24, 2.45) is 0 Å². The third-order valence-electron chi connectivity index (χ3n) is 3.24. The summed E-state index contributed by atoms with van der Waals surface area (Å²) in [5.74, 6) is 1.92. The molecule has 3 rings (SSSR count). The number of carbonyl (C=O) groups is 1. The molecule has 0 saturated heterocycles. The lowest BCUT2D eigenvalue weighted by Gasteiger charge is -2.04. The van der Waals surface area contributed by atoms with Crippen molar-refractivity contribution in [2.75, 3.05) is 7.11 Å². The zero-order valence-electron chi connectivity index (χ0n) is 13.6. The van der Waals surface area contributed by atoms with Crippen molar-refractivity contribution >= 4 is 5.91 Å². The lowest BCUT2D eigenvalue weighted by Crippen LogP contribution is -2.27. The van der Waals surface area contributed by atoms with Gasteiger partial charge in [-0.25, -0.2) is 0 Å². The van der Waals surface area contributed by atoms with Gasteiger partial charge in [-0.1, -0.05) is 5.16 Å². The van der Waals surface area contributed by atoms with Crippen LogP contribution in [0.3, 0.4) is 0 Å². The fraction of sp³-hybridized carbons (Fsp3) is 0.250. The molecule has 2 heterocycles. The Balaban J connectivity index is 1.44. The van der Waals surface area contributed by atoms with Gasteiger partial charge in [0.05, 0.1) is 13.7 Å². The van der Waals surface area contributed by atoms with Crippen LogP contribution in [0.1, 0.15) is 11.7 Å². The molecule has 0 bridgehead atoms. The Labute approximate surface area is 143 Å². The highest BCUT2D eigenvalue weighted by atomic mass is 16.5. The number of amides is 1. The average molecular weight is 343 g/mol. The van der Waals surface area contributed by atoms with Crippen molar-refractivity contribution in [1.82, 2.24) is 25.2 Å². The van der Waals surface area contributed by atoms with Crippen LogP contribution in [-0.4, -0.2) is 32.9 Å². The molecule has 0 fully saturated rings. The number of methoxy groups -OCH3 is 1. The molecule has 0 unspecified atom stereocenters.